The molecule has 0 atom stereocenters. The van der Waals surface area contributed by atoms with E-state index in [-0.39, 0.29) is 63.9 Å². The molecule has 0 aromatic heterocycles. The summed E-state index contributed by atoms with van der Waals surface area (Å²) in [6.07, 6.45) is 0. The Morgan fingerprint density at radius 1 is 0.960 bits per heavy atom. The number of rotatable bonds is 3. The van der Waals surface area contributed by atoms with Crippen LogP contribution in [0.2, 0.25) is 0 Å². The van der Waals surface area contributed by atoms with Gasteiger partial charge in [-0.25, -0.2) is 9.59 Å². The maximum atomic E-state index is 12.1. The smallest absolute Gasteiger partial charge is 1.00 e. The molecule has 0 saturated carbocycles. The Bertz CT molecular complexity index is 762. The molecule has 0 bridgehead atoms. The maximum absolute atomic E-state index is 12.1. The van der Waals surface area contributed by atoms with Gasteiger partial charge in [0.2, 0.25) is 0 Å². The summed E-state index contributed by atoms with van der Waals surface area (Å²) < 4.78 is 42.8. The number of benzene rings is 1. The first-order valence-electron chi connectivity index (χ1n) is 7.18. The van der Waals surface area contributed by atoms with Crippen molar-refractivity contribution in [3.8, 4) is 0 Å². The van der Waals surface area contributed by atoms with Gasteiger partial charge in [0.25, 0.3) is 10.1 Å². The molecule has 0 aliphatic heterocycles. The summed E-state index contributed by atoms with van der Waals surface area (Å²) in [6, 6.07) is 3.24. The van der Waals surface area contributed by atoms with Gasteiger partial charge < -0.3 is 10.9 Å². The first kappa shape index (κ1) is 24.7. The quantitative estimate of drug-likeness (QED) is 0.432. The van der Waals surface area contributed by atoms with E-state index < -0.39 is 38.2 Å². The summed E-state index contributed by atoms with van der Waals surface area (Å²) in [5.41, 5.74) is -2.10. The minimum absolute atomic E-state index is 0. The van der Waals surface area contributed by atoms with Crippen LogP contribution in [0.15, 0.2) is 23.1 Å². The summed E-state index contributed by atoms with van der Waals surface area (Å²) in [6.45, 7) is 9.82. The third kappa shape index (κ3) is 8.29. The minimum Gasteiger partial charge on any atom is -1.00 e. The molecule has 0 aliphatic rings. The Labute approximate surface area is 192 Å². The van der Waals surface area contributed by atoms with Gasteiger partial charge in [-0.2, -0.15) is 8.42 Å². The molecular weight excluding hydrogens is 375 g/mol. The van der Waals surface area contributed by atoms with Crippen LogP contribution < -0.4 is 51.4 Å². The Kier molecular flexibility index (Phi) is 8.50. The van der Waals surface area contributed by atoms with E-state index in [0.29, 0.717) is 0 Å². The average molecular weight is 399 g/mol. The fourth-order valence-electron chi connectivity index (χ4n) is 1.70. The zero-order chi connectivity index (χ0) is 18.9. The van der Waals surface area contributed by atoms with Crippen LogP contribution in [0.5, 0.6) is 0 Å². The normalized spacial score (nSPS) is 12.1. The third-order valence-electron chi connectivity index (χ3n) is 2.51. The van der Waals surface area contributed by atoms with Gasteiger partial charge in [-0.3, -0.25) is 4.55 Å². The molecule has 0 saturated heterocycles. The van der Waals surface area contributed by atoms with Crippen molar-refractivity contribution >= 4 is 22.1 Å². The molecule has 7 nitrogen and oxygen atoms in total. The second kappa shape index (κ2) is 8.60. The second-order valence-electron chi connectivity index (χ2n) is 7.19. The standard InChI is InChI=1S/C16H22O7S.K.H/c1-15(2,3)22-13(17)10-7-8-11(12(9-10)24(19,20)21)14(18)23-16(4,5)6;;/h7-9H,1-6H3,(H,19,20,21);;/q;+1;-1. The van der Waals surface area contributed by atoms with Crippen molar-refractivity contribution in [3.05, 3.63) is 29.3 Å². The predicted octanol–water partition coefficient (Wildman–Crippen LogP) is -0.0396. The Balaban J connectivity index is 0. The van der Waals surface area contributed by atoms with E-state index in [9.17, 15) is 22.6 Å². The van der Waals surface area contributed by atoms with E-state index in [1.165, 1.54) is 6.07 Å². The fraction of sp³-hybridized carbons (Fsp3) is 0.500. The molecule has 1 aromatic carbocycles. The van der Waals surface area contributed by atoms with Crippen molar-refractivity contribution in [2.75, 3.05) is 0 Å². The molecule has 0 amide bonds. The number of hydrogen-bond acceptors (Lipinski definition) is 6. The zero-order valence-electron chi connectivity index (χ0n) is 16.5. The van der Waals surface area contributed by atoms with Crippen molar-refractivity contribution in [2.24, 2.45) is 0 Å². The van der Waals surface area contributed by atoms with Crippen molar-refractivity contribution in [3.63, 3.8) is 0 Å². The van der Waals surface area contributed by atoms with Gasteiger partial charge >= 0.3 is 63.3 Å². The molecule has 0 spiro atoms. The van der Waals surface area contributed by atoms with Crippen molar-refractivity contribution in [2.45, 2.75) is 57.6 Å². The molecule has 0 aliphatic carbocycles. The molecule has 1 aromatic rings. The average Bonchev–Trinajstić information content (AvgIpc) is 2.32. The number of esters is 2. The fourth-order valence-corrected chi connectivity index (χ4v) is 2.41. The molecule has 0 unspecified atom stereocenters. The first-order valence-corrected chi connectivity index (χ1v) is 8.62. The van der Waals surface area contributed by atoms with E-state index in [1.54, 1.807) is 41.5 Å². The molecule has 25 heavy (non-hydrogen) atoms. The molecule has 136 valence electrons. The third-order valence-corrected chi connectivity index (χ3v) is 3.41. The number of carbonyl (C=O) groups is 2. The Morgan fingerprint density at radius 2 is 1.40 bits per heavy atom. The SMILES string of the molecule is CC(C)(C)OC(=O)c1ccc(C(=O)OC(C)(C)C)c(S(=O)(=O)O)c1.[H-].[K+]. The second-order valence-corrected chi connectivity index (χ2v) is 8.58. The van der Waals surface area contributed by atoms with E-state index in [4.69, 9.17) is 9.47 Å². The van der Waals surface area contributed by atoms with Crippen LogP contribution in [0.1, 0.15) is 63.7 Å². The van der Waals surface area contributed by atoms with Crippen LogP contribution in [0.4, 0.5) is 0 Å². The summed E-state index contributed by atoms with van der Waals surface area (Å²) >= 11 is 0. The van der Waals surface area contributed by atoms with Crippen LogP contribution in [0.3, 0.4) is 0 Å². The van der Waals surface area contributed by atoms with Crippen LogP contribution in [-0.2, 0) is 19.6 Å². The Hall–Kier alpha value is -0.294. The van der Waals surface area contributed by atoms with Crippen LogP contribution in [0.25, 0.3) is 0 Å². The first-order chi connectivity index (χ1) is 10.6. The molecular formula is C16H23KO7S. The van der Waals surface area contributed by atoms with E-state index in [1.807, 2.05) is 0 Å². The molecule has 0 fully saturated rings. The summed E-state index contributed by atoms with van der Waals surface area (Å²) in [4.78, 5) is 23.5. The monoisotopic (exact) mass is 398 g/mol. The van der Waals surface area contributed by atoms with E-state index in [2.05, 4.69) is 0 Å². The molecule has 0 heterocycles. The molecule has 1 N–H and O–H groups in total. The number of hydrogen-bond donors (Lipinski definition) is 1. The molecule has 0 radical (unpaired) electrons. The van der Waals surface area contributed by atoms with Gasteiger partial charge in [0.05, 0.1) is 11.1 Å². The van der Waals surface area contributed by atoms with E-state index >= 15 is 0 Å². The Morgan fingerprint density at radius 3 is 1.80 bits per heavy atom. The van der Waals surface area contributed by atoms with Gasteiger partial charge in [0.1, 0.15) is 16.1 Å². The molecule has 1 rings (SSSR count). The van der Waals surface area contributed by atoms with Crippen molar-refractivity contribution in [1.82, 2.24) is 0 Å². The largest absolute Gasteiger partial charge is 1.00 e. The zero-order valence-corrected chi connectivity index (χ0v) is 19.5. The minimum atomic E-state index is -4.74. The predicted molar refractivity (Wildman–Crippen MR) is 87.7 cm³/mol. The van der Waals surface area contributed by atoms with Crippen LogP contribution in [-0.4, -0.2) is 36.1 Å². The summed E-state index contributed by atoms with van der Waals surface area (Å²) in [5, 5.41) is 0. The van der Waals surface area contributed by atoms with Gasteiger partial charge in [0.15, 0.2) is 0 Å². The maximum Gasteiger partial charge on any atom is 1.00 e. The van der Waals surface area contributed by atoms with E-state index in [0.717, 1.165) is 12.1 Å². The topological polar surface area (TPSA) is 107 Å². The van der Waals surface area contributed by atoms with Crippen LogP contribution in [0, 0.1) is 0 Å². The van der Waals surface area contributed by atoms with Gasteiger partial charge in [-0.1, -0.05) is 0 Å². The molecule has 9 heteroatoms. The summed E-state index contributed by atoms with van der Waals surface area (Å²) in [5.74, 6) is -1.70. The van der Waals surface area contributed by atoms with Crippen molar-refractivity contribution in [1.29, 1.82) is 0 Å². The van der Waals surface area contributed by atoms with Gasteiger partial charge in [-0.15, -0.1) is 0 Å². The van der Waals surface area contributed by atoms with Gasteiger partial charge in [-0.05, 0) is 59.7 Å². The van der Waals surface area contributed by atoms with Crippen molar-refractivity contribution < 1.29 is 84.8 Å². The number of carbonyl (C=O) groups excluding carboxylic acids is 2. The summed E-state index contributed by atoms with van der Waals surface area (Å²) in [7, 11) is -4.74. The number of ether oxygens (including phenoxy) is 2. The van der Waals surface area contributed by atoms with Gasteiger partial charge in [0, 0.05) is 0 Å². The van der Waals surface area contributed by atoms with Crippen LogP contribution >= 0.6 is 0 Å².